The molecule has 3 heterocycles. The summed E-state index contributed by atoms with van der Waals surface area (Å²) in [5, 5.41) is 27.7. The van der Waals surface area contributed by atoms with E-state index in [-0.39, 0.29) is 30.3 Å². The van der Waals surface area contributed by atoms with Gasteiger partial charge in [0.15, 0.2) is 0 Å². The zero-order valence-electron chi connectivity index (χ0n) is 21.4. The van der Waals surface area contributed by atoms with Crippen LogP contribution >= 0.6 is 11.3 Å². The number of aromatic nitrogens is 4. The van der Waals surface area contributed by atoms with Gasteiger partial charge in [-0.25, -0.2) is 18.7 Å². The highest BCUT2D eigenvalue weighted by Gasteiger charge is 2.44. The Balaban J connectivity index is 1.39. The number of nitrogens with two attached hydrogens (primary N) is 1. The zero-order chi connectivity index (χ0) is 28.1. The third-order valence-corrected chi connectivity index (χ3v) is 8.50. The molecule has 0 aliphatic heterocycles. The van der Waals surface area contributed by atoms with Crippen LogP contribution in [-0.4, -0.2) is 54.3 Å². The minimum atomic E-state index is -1.34. The molecule has 4 unspecified atom stereocenters. The maximum Gasteiger partial charge on any atom is 0.225 e. The number of hydrogen-bond donors (Lipinski definition) is 5. The van der Waals surface area contributed by atoms with Gasteiger partial charge >= 0.3 is 0 Å². The van der Waals surface area contributed by atoms with Crippen molar-refractivity contribution < 1.29 is 23.8 Å². The number of benzene rings is 1. The van der Waals surface area contributed by atoms with Crippen LogP contribution in [-0.2, 0) is 11.3 Å². The predicted molar refractivity (Wildman–Crippen MR) is 146 cm³/mol. The summed E-state index contributed by atoms with van der Waals surface area (Å²) in [5.41, 5.74) is 8.13. The maximum atomic E-state index is 14.2. The Labute approximate surface area is 231 Å². The lowest BCUT2D eigenvalue weighted by Crippen LogP contribution is -2.37. The van der Waals surface area contributed by atoms with Crippen molar-refractivity contribution in [3.8, 4) is 10.6 Å². The molecule has 10 nitrogen and oxygen atoms in total. The Morgan fingerprint density at radius 1 is 1.12 bits per heavy atom. The summed E-state index contributed by atoms with van der Waals surface area (Å²) in [6.45, 7) is 1.55. The van der Waals surface area contributed by atoms with E-state index in [2.05, 4.69) is 25.6 Å². The Morgan fingerprint density at radius 2 is 1.88 bits per heavy atom. The molecule has 6 N–H and O–H groups in total. The second kappa shape index (κ2) is 10.3. The number of amides is 1. The standard InChI is InChI=1S/C27H27F2N7O3S/c1-11-19(26-35-21-18(40-26)7-8-31-20(21)12-5-6-12)25(34-17-9-13(24(30)39)22(37)23(17)38)36-27(33-11)32-10-14-15(28)3-2-4-16(14)29/h2-4,7-8,12-13,17,22-23,37-38H,5-6,9-10H2,1H3,(H2,30,39)(H2,32,33,34,36). The molecule has 1 amide bonds. The van der Waals surface area contributed by atoms with E-state index in [0.29, 0.717) is 22.2 Å². The lowest BCUT2D eigenvalue weighted by atomic mass is 10.1. The Kier molecular flexibility index (Phi) is 6.80. The number of anilines is 2. The molecular formula is C27H27F2N7O3S. The SMILES string of the molecule is Cc1nc(NCc2c(F)cccc2F)nc(NC2CC(C(N)=O)C(O)C2O)c1-c1nc2c(C3CC3)nccc2s1. The molecule has 0 radical (unpaired) electrons. The number of fused-ring (bicyclic) bond motifs is 1. The summed E-state index contributed by atoms with van der Waals surface area (Å²) < 4.78 is 29.4. The van der Waals surface area contributed by atoms with Gasteiger partial charge in [0, 0.05) is 24.2 Å². The van der Waals surface area contributed by atoms with Gasteiger partial charge in [-0.15, -0.1) is 11.3 Å². The summed E-state index contributed by atoms with van der Waals surface area (Å²) in [4.78, 5) is 30.4. The number of carbonyl (C=O) groups excluding carboxylic acids is 1. The van der Waals surface area contributed by atoms with Crippen LogP contribution in [0.15, 0.2) is 30.5 Å². The first kappa shape index (κ1) is 26.4. The van der Waals surface area contributed by atoms with Gasteiger partial charge in [0.1, 0.15) is 34.1 Å². The number of rotatable bonds is 8. The smallest absolute Gasteiger partial charge is 0.225 e. The van der Waals surface area contributed by atoms with Gasteiger partial charge in [-0.1, -0.05) is 6.07 Å². The van der Waals surface area contributed by atoms with Crippen LogP contribution in [0.25, 0.3) is 20.8 Å². The predicted octanol–water partition coefficient (Wildman–Crippen LogP) is 3.23. The number of thiazole rings is 1. The van der Waals surface area contributed by atoms with E-state index in [9.17, 15) is 23.8 Å². The fraction of sp³-hybridized carbons (Fsp3) is 0.370. The number of aliphatic hydroxyl groups is 2. The van der Waals surface area contributed by atoms with Crippen LogP contribution in [0, 0.1) is 24.5 Å². The molecule has 2 fully saturated rings. The van der Waals surface area contributed by atoms with E-state index in [4.69, 9.17) is 10.7 Å². The number of primary amides is 1. The van der Waals surface area contributed by atoms with E-state index < -0.39 is 41.7 Å². The molecule has 2 saturated carbocycles. The largest absolute Gasteiger partial charge is 0.390 e. The summed E-state index contributed by atoms with van der Waals surface area (Å²) in [7, 11) is 0. The molecule has 13 heteroatoms. The second-order valence-electron chi connectivity index (χ2n) is 10.2. The summed E-state index contributed by atoms with van der Waals surface area (Å²) in [5.74, 6) is -2.29. The van der Waals surface area contributed by atoms with E-state index in [1.807, 2.05) is 6.07 Å². The number of pyridine rings is 1. The quantitative estimate of drug-likeness (QED) is 0.215. The lowest BCUT2D eigenvalue weighted by molar-refractivity contribution is -0.125. The number of nitrogens with zero attached hydrogens (tertiary/aromatic N) is 4. The molecule has 0 bridgehead atoms. The van der Waals surface area contributed by atoms with Crippen LogP contribution < -0.4 is 16.4 Å². The Morgan fingerprint density at radius 3 is 2.55 bits per heavy atom. The average molecular weight is 568 g/mol. The van der Waals surface area contributed by atoms with Gasteiger partial charge in [-0.2, -0.15) is 4.98 Å². The van der Waals surface area contributed by atoms with Gasteiger partial charge in [0.05, 0.1) is 39.7 Å². The molecule has 3 aromatic heterocycles. The third-order valence-electron chi connectivity index (χ3n) is 7.46. The van der Waals surface area contributed by atoms with Gasteiger partial charge in [-0.3, -0.25) is 9.78 Å². The van der Waals surface area contributed by atoms with E-state index >= 15 is 0 Å². The minimum Gasteiger partial charge on any atom is -0.390 e. The van der Waals surface area contributed by atoms with Gasteiger partial charge < -0.3 is 26.6 Å². The Hall–Kier alpha value is -3.81. The molecule has 2 aliphatic carbocycles. The monoisotopic (exact) mass is 567 g/mol. The zero-order valence-corrected chi connectivity index (χ0v) is 22.3. The summed E-state index contributed by atoms with van der Waals surface area (Å²) in [6, 6.07) is 4.77. The van der Waals surface area contributed by atoms with Crippen molar-refractivity contribution in [3.05, 3.63) is 59.0 Å². The van der Waals surface area contributed by atoms with Crippen LogP contribution in [0.2, 0.25) is 0 Å². The first-order chi connectivity index (χ1) is 19.2. The van der Waals surface area contributed by atoms with Crippen molar-refractivity contribution in [2.24, 2.45) is 11.7 Å². The molecule has 0 saturated heterocycles. The van der Waals surface area contributed by atoms with Crippen LogP contribution in [0.4, 0.5) is 20.5 Å². The van der Waals surface area contributed by atoms with E-state index in [1.165, 1.54) is 29.5 Å². The van der Waals surface area contributed by atoms with Crippen molar-refractivity contribution >= 4 is 39.2 Å². The molecule has 6 rings (SSSR count). The van der Waals surface area contributed by atoms with Crippen molar-refractivity contribution in [1.29, 1.82) is 0 Å². The van der Waals surface area contributed by atoms with Crippen LogP contribution in [0.5, 0.6) is 0 Å². The number of carbonyl (C=O) groups is 1. The van der Waals surface area contributed by atoms with E-state index in [1.54, 1.807) is 13.1 Å². The first-order valence-electron chi connectivity index (χ1n) is 12.9. The highest BCUT2D eigenvalue weighted by molar-refractivity contribution is 7.21. The van der Waals surface area contributed by atoms with E-state index in [0.717, 1.165) is 28.8 Å². The molecule has 4 aromatic rings. The molecule has 0 spiro atoms. The minimum absolute atomic E-state index is 0.0823. The van der Waals surface area contributed by atoms with Gasteiger partial charge in [-0.05, 0) is 44.4 Å². The highest BCUT2D eigenvalue weighted by Crippen LogP contribution is 2.44. The molecule has 4 atom stereocenters. The molecule has 1 aromatic carbocycles. The molecule has 40 heavy (non-hydrogen) atoms. The molecule has 2 aliphatic rings. The Bertz CT molecular complexity index is 1590. The summed E-state index contributed by atoms with van der Waals surface area (Å²) in [6.07, 6.45) is 1.37. The number of halogens is 2. The fourth-order valence-corrected chi connectivity index (χ4v) is 6.22. The van der Waals surface area contributed by atoms with Crippen LogP contribution in [0.3, 0.4) is 0 Å². The van der Waals surface area contributed by atoms with Crippen LogP contribution in [0.1, 0.15) is 42.1 Å². The molecular weight excluding hydrogens is 540 g/mol. The molecule has 208 valence electrons. The average Bonchev–Trinajstić information content (AvgIpc) is 3.60. The second-order valence-corrected chi connectivity index (χ2v) is 11.3. The lowest BCUT2D eigenvalue weighted by Gasteiger charge is -2.21. The maximum absolute atomic E-state index is 14.2. The van der Waals surface area contributed by atoms with Gasteiger partial charge in [0.25, 0.3) is 0 Å². The number of hydrogen-bond acceptors (Lipinski definition) is 10. The normalized spacial score (nSPS) is 22.5. The highest BCUT2D eigenvalue weighted by atomic mass is 32.1. The fourth-order valence-electron chi connectivity index (χ4n) is 5.15. The first-order valence-corrected chi connectivity index (χ1v) is 13.8. The van der Waals surface area contributed by atoms with Crippen molar-refractivity contribution in [1.82, 2.24) is 19.9 Å². The van der Waals surface area contributed by atoms with Crippen molar-refractivity contribution in [3.63, 3.8) is 0 Å². The number of aliphatic hydroxyl groups excluding tert-OH is 2. The number of nitrogens with one attached hydrogen (secondary N) is 2. The third kappa shape index (κ3) is 4.84. The van der Waals surface area contributed by atoms with Crippen molar-refractivity contribution in [2.75, 3.05) is 10.6 Å². The topological polar surface area (TPSA) is 159 Å². The van der Waals surface area contributed by atoms with Gasteiger partial charge in [0.2, 0.25) is 11.9 Å². The summed E-state index contributed by atoms with van der Waals surface area (Å²) >= 11 is 1.45. The number of aryl methyl sites for hydroxylation is 1. The van der Waals surface area contributed by atoms with Crippen molar-refractivity contribution in [2.45, 2.75) is 56.9 Å².